The Kier molecular flexibility index (Phi) is 3.93. The van der Waals surface area contributed by atoms with E-state index in [9.17, 15) is 14.3 Å². The largest absolute Gasteiger partial charge is 0.505 e. The number of esters is 1. The molecule has 1 N–H and O–H groups in total. The molecule has 0 amide bonds. The van der Waals surface area contributed by atoms with Crippen LogP contribution in [0.15, 0.2) is 48.7 Å². The number of carbonyl (C=O) groups excluding carboxylic acids is 1. The highest BCUT2D eigenvalue weighted by Crippen LogP contribution is 2.31. The maximum Gasteiger partial charge on any atom is 0.360 e. The van der Waals surface area contributed by atoms with E-state index in [1.54, 1.807) is 31.2 Å². The third-order valence-corrected chi connectivity index (χ3v) is 3.51. The number of rotatable bonds is 3. The van der Waals surface area contributed by atoms with Gasteiger partial charge in [0.1, 0.15) is 5.82 Å². The van der Waals surface area contributed by atoms with Gasteiger partial charge in [-0.1, -0.05) is 18.2 Å². The number of hydrogen-bond donors (Lipinski definition) is 1. The average molecular weight is 311 g/mol. The summed E-state index contributed by atoms with van der Waals surface area (Å²) in [5.74, 6) is -1.16. The van der Waals surface area contributed by atoms with Crippen molar-refractivity contribution in [2.75, 3.05) is 6.61 Å². The zero-order valence-electron chi connectivity index (χ0n) is 12.4. The fraction of sp³-hybridized carbons (Fsp3) is 0.111. The molecule has 0 saturated heterocycles. The van der Waals surface area contributed by atoms with Gasteiger partial charge < -0.3 is 9.84 Å². The third kappa shape index (κ3) is 2.85. The Morgan fingerprint density at radius 1 is 1.17 bits per heavy atom. The van der Waals surface area contributed by atoms with Crippen molar-refractivity contribution in [3.8, 4) is 16.9 Å². The minimum atomic E-state index is -0.658. The van der Waals surface area contributed by atoms with Gasteiger partial charge in [-0.25, -0.2) is 14.2 Å². The number of hydrogen-bond acceptors (Lipinski definition) is 4. The SMILES string of the molecule is CCOC(=O)c1ncc2cc(-c3ccc(F)cc3)ccc2c1O. The average Bonchev–Trinajstić information content (AvgIpc) is 2.55. The van der Waals surface area contributed by atoms with Crippen LogP contribution in [-0.2, 0) is 4.74 Å². The third-order valence-electron chi connectivity index (χ3n) is 3.51. The molecule has 0 atom stereocenters. The second-order valence-electron chi connectivity index (χ2n) is 4.98. The van der Waals surface area contributed by atoms with Crippen molar-refractivity contribution in [1.82, 2.24) is 4.98 Å². The summed E-state index contributed by atoms with van der Waals surface area (Å²) in [5, 5.41) is 11.4. The van der Waals surface area contributed by atoms with Gasteiger partial charge in [0, 0.05) is 17.0 Å². The number of ether oxygens (including phenoxy) is 1. The van der Waals surface area contributed by atoms with E-state index in [0.29, 0.717) is 10.8 Å². The molecule has 0 aliphatic rings. The zero-order chi connectivity index (χ0) is 16.4. The Balaban J connectivity index is 2.06. The molecular weight excluding hydrogens is 297 g/mol. The van der Waals surface area contributed by atoms with Crippen molar-refractivity contribution in [3.63, 3.8) is 0 Å². The molecule has 5 heteroatoms. The molecule has 0 spiro atoms. The van der Waals surface area contributed by atoms with E-state index in [1.807, 2.05) is 6.07 Å². The Bertz CT molecular complexity index is 875. The highest BCUT2D eigenvalue weighted by molar-refractivity contribution is 6.00. The molecule has 0 unspecified atom stereocenters. The molecule has 3 rings (SSSR count). The van der Waals surface area contributed by atoms with Crippen molar-refractivity contribution in [2.24, 2.45) is 0 Å². The van der Waals surface area contributed by atoms with Gasteiger partial charge in [-0.05, 0) is 42.3 Å². The first-order valence-corrected chi connectivity index (χ1v) is 7.15. The molecule has 0 bridgehead atoms. The predicted octanol–water partition coefficient (Wildman–Crippen LogP) is 3.92. The summed E-state index contributed by atoms with van der Waals surface area (Å²) in [6.45, 7) is 1.90. The van der Waals surface area contributed by atoms with Crippen LogP contribution in [0.25, 0.3) is 21.9 Å². The Hall–Kier alpha value is -2.95. The number of fused-ring (bicyclic) bond motifs is 1. The van der Waals surface area contributed by atoms with Crippen LogP contribution in [0.1, 0.15) is 17.4 Å². The molecule has 4 nitrogen and oxygen atoms in total. The minimum absolute atomic E-state index is 0.103. The summed E-state index contributed by atoms with van der Waals surface area (Å²) in [6, 6.07) is 11.5. The van der Waals surface area contributed by atoms with Crippen LogP contribution in [0, 0.1) is 5.82 Å². The molecular formula is C18H14FNO3. The highest BCUT2D eigenvalue weighted by Gasteiger charge is 2.17. The van der Waals surface area contributed by atoms with Crippen molar-refractivity contribution in [1.29, 1.82) is 0 Å². The zero-order valence-corrected chi connectivity index (χ0v) is 12.4. The fourth-order valence-corrected chi connectivity index (χ4v) is 2.38. The number of pyridine rings is 1. The minimum Gasteiger partial charge on any atom is -0.505 e. The van der Waals surface area contributed by atoms with Gasteiger partial charge in [0.05, 0.1) is 6.61 Å². The van der Waals surface area contributed by atoms with Crippen molar-refractivity contribution >= 4 is 16.7 Å². The smallest absolute Gasteiger partial charge is 0.360 e. The molecule has 3 aromatic rings. The maximum atomic E-state index is 13.0. The lowest BCUT2D eigenvalue weighted by molar-refractivity contribution is 0.0516. The van der Waals surface area contributed by atoms with Crippen LogP contribution < -0.4 is 0 Å². The molecule has 0 fully saturated rings. The molecule has 0 aliphatic heterocycles. The molecule has 23 heavy (non-hydrogen) atoms. The van der Waals surface area contributed by atoms with E-state index in [2.05, 4.69) is 4.98 Å². The molecule has 0 aliphatic carbocycles. The van der Waals surface area contributed by atoms with Crippen molar-refractivity contribution in [2.45, 2.75) is 6.92 Å². The monoisotopic (exact) mass is 311 g/mol. The van der Waals surface area contributed by atoms with Crippen LogP contribution in [-0.4, -0.2) is 22.7 Å². The van der Waals surface area contributed by atoms with Gasteiger partial charge >= 0.3 is 5.97 Å². The first-order valence-electron chi connectivity index (χ1n) is 7.15. The van der Waals surface area contributed by atoms with E-state index in [-0.39, 0.29) is 23.9 Å². The lowest BCUT2D eigenvalue weighted by atomic mass is 10.0. The number of nitrogens with zero attached hydrogens (tertiary/aromatic N) is 1. The van der Waals surface area contributed by atoms with E-state index < -0.39 is 5.97 Å². The highest BCUT2D eigenvalue weighted by atomic mass is 19.1. The topological polar surface area (TPSA) is 59.4 Å². The van der Waals surface area contributed by atoms with Crippen molar-refractivity contribution < 1.29 is 19.0 Å². The Morgan fingerprint density at radius 3 is 2.57 bits per heavy atom. The quantitative estimate of drug-likeness (QED) is 0.745. The van der Waals surface area contributed by atoms with Gasteiger partial charge in [-0.15, -0.1) is 0 Å². The molecule has 0 radical (unpaired) electrons. The van der Waals surface area contributed by atoms with E-state index >= 15 is 0 Å². The van der Waals surface area contributed by atoms with Crippen LogP contribution in [0.4, 0.5) is 4.39 Å². The molecule has 1 aromatic heterocycles. The first-order chi connectivity index (χ1) is 11.1. The lowest BCUT2D eigenvalue weighted by Crippen LogP contribution is -2.07. The molecule has 1 heterocycles. The van der Waals surface area contributed by atoms with Gasteiger partial charge in [-0.2, -0.15) is 0 Å². The summed E-state index contributed by atoms with van der Waals surface area (Å²) in [6.07, 6.45) is 1.51. The van der Waals surface area contributed by atoms with E-state index in [0.717, 1.165) is 11.1 Å². The molecule has 0 saturated carbocycles. The Labute approximate surface area is 132 Å². The van der Waals surface area contributed by atoms with Gasteiger partial charge in [0.15, 0.2) is 11.4 Å². The second kappa shape index (κ2) is 6.04. The van der Waals surface area contributed by atoms with E-state index in [1.165, 1.54) is 18.3 Å². The fourth-order valence-electron chi connectivity index (χ4n) is 2.38. The molecule has 2 aromatic carbocycles. The van der Waals surface area contributed by atoms with Crippen LogP contribution in [0.5, 0.6) is 5.75 Å². The van der Waals surface area contributed by atoms with Crippen molar-refractivity contribution in [3.05, 3.63) is 60.2 Å². The predicted molar refractivity (Wildman–Crippen MR) is 84.8 cm³/mol. The number of aromatic nitrogens is 1. The summed E-state index contributed by atoms with van der Waals surface area (Å²) in [7, 11) is 0. The van der Waals surface area contributed by atoms with E-state index in [4.69, 9.17) is 4.74 Å². The van der Waals surface area contributed by atoms with Crippen LogP contribution >= 0.6 is 0 Å². The summed E-state index contributed by atoms with van der Waals surface area (Å²) < 4.78 is 17.9. The normalized spacial score (nSPS) is 10.7. The van der Waals surface area contributed by atoms with Gasteiger partial charge in [-0.3, -0.25) is 0 Å². The van der Waals surface area contributed by atoms with Crippen LogP contribution in [0.2, 0.25) is 0 Å². The summed E-state index contributed by atoms with van der Waals surface area (Å²) in [5.41, 5.74) is 1.61. The number of carbonyl (C=O) groups is 1. The molecule has 116 valence electrons. The summed E-state index contributed by atoms with van der Waals surface area (Å²) >= 11 is 0. The number of benzene rings is 2. The number of halogens is 1. The van der Waals surface area contributed by atoms with Crippen LogP contribution in [0.3, 0.4) is 0 Å². The van der Waals surface area contributed by atoms with Gasteiger partial charge in [0.2, 0.25) is 0 Å². The second-order valence-corrected chi connectivity index (χ2v) is 4.98. The number of aromatic hydroxyl groups is 1. The lowest BCUT2D eigenvalue weighted by Gasteiger charge is -2.08. The maximum absolute atomic E-state index is 13.0. The Morgan fingerprint density at radius 2 is 1.87 bits per heavy atom. The van der Waals surface area contributed by atoms with Gasteiger partial charge in [0.25, 0.3) is 0 Å². The standard InChI is InChI=1S/C18H14FNO3/c1-2-23-18(22)16-17(21)15-8-5-12(9-13(15)10-20-16)11-3-6-14(19)7-4-11/h3-10,21H,2H2,1H3. The summed E-state index contributed by atoms with van der Waals surface area (Å²) in [4.78, 5) is 15.7. The first kappa shape index (κ1) is 15.0.